The molecule has 10 heteroatoms. The largest absolute Gasteiger partial charge is 0.444 e. The van der Waals surface area contributed by atoms with E-state index < -0.39 is 47.4 Å². The Labute approximate surface area is 239 Å². The minimum absolute atomic E-state index is 0.0262. The van der Waals surface area contributed by atoms with E-state index in [4.69, 9.17) is 10.5 Å². The first kappa shape index (κ1) is 33.6. The van der Waals surface area contributed by atoms with E-state index in [1.54, 1.807) is 20.8 Å². The summed E-state index contributed by atoms with van der Waals surface area (Å²) in [5, 5.41) is 5.51. The number of hydrogen-bond acceptors (Lipinski definition) is 6. The summed E-state index contributed by atoms with van der Waals surface area (Å²) in [6.45, 7) is 11.8. The number of nitrogens with zero attached hydrogens (tertiary/aromatic N) is 1. The number of Topliss-reactive ketones (excluding diaryl/α,β-unsaturated/α-hetero) is 1. The van der Waals surface area contributed by atoms with Crippen LogP contribution in [-0.2, 0) is 23.9 Å². The molecule has 3 fully saturated rings. The minimum Gasteiger partial charge on any atom is -0.444 e. The Bertz CT molecular complexity index is 887. The van der Waals surface area contributed by atoms with Gasteiger partial charge in [-0.15, -0.1) is 0 Å². The van der Waals surface area contributed by atoms with Crippen LogP contribution < -0.4 is 16.4 Å². The molecule has 0 aromatic heterocycles. The fourth-order valence-electron chi connectivity index (χ4n) is 6.35. The van der Waals surface area contributed by atoms with Gasteiger partial charge in [0.1, 0.15) is 17.7 Å². The average Bonchev–Trinajstić information content (AvgIpc) is 3.53. The smallest absolute Gasteiger partial charge is 0.408 e. The van der Waals surface area contributed by atoms with Crippen LogP contribution in [0.15, 0.2) is 0 Å². The number of nitrogens with two attached hydrogens (primary N) is 1. The Morgan fingerprint density at radius 2 is 1.50 bits per heavy atom. The van der Waals surface area contributed by atoms with Gasteiger partial charge in [0.25, 0.3) is 5.91 Å². The summed E-state index contributed by atoms with van der Waals surface area (Å²) < 4.78 is 5.48. The van der Waals surface area contributed by atoms with Gasteiger partial charge in [0, 0.05) is 6.54 Å². The van der Waals surface area contributed by atoms with E-state index >= 15 is 0 Å². The van der Waals surface area contributed by atoms with Gasteiger partial charge in [-0.25, -0.2) is 4.79 Å². The van der Waals surface area contributed by atoms with Crippen LogP contribution in [-0.4, -0.2) is 64.8 Å². The molecule has 2 saturated carbocycles. The SMILES string of the molecule is CCC.CCCC(NC(=O)[C@@H]1CCCN1C(=O)[C@@H](NC(=O)OC(C)(C)C)C1CC2CCCCC2C1)C(=O)C(N)=O. The maximum absolute atomic E-state index is 13.9. The van der Waals surface area contributed by atoms with Gasteiger partial charge in [0.15, 0.2) is 0 Å². The van der Waals surface area contributed by atoms with Crippen LogP contribution in [0, 0.1) is 17.8 Å². The number of ether oxygens (including phenoxy) is 1. The monoisotopic (exact) mass is 564 g/mol. The van der Waals surface area contributed by atoms with E-state index in [0.29, 0.717) is 37.6 Å². The van der Waals surface area contributed by atoms with Crippen LogP contribution in [0.1, 0.15) is 112 Å². The summed E-state index contributed by atoms with van der Waals surface area (Å²) in [5.74, 6) is -1.62. The standard InChI is InChI=1S/C27H44N4O6.C3H8/c1-5-9-19(22(32)23(28)33)29-24(34)20-12-8-13-31(20)25(35)21(30-26(36)37-27(2,3)4)18-14-16-10-6-7-11-17(16)15-18;1-3-2/h16-21H,5-15H2,1-4H3,(H2,28,33)(H,29,34)(H,30,36);3H2,1-2H3/t16?,17?,18?,19?,20-,21-;/m0./s1. The Morgan fingerprint density at radius 1 is 0.925 bits per heavy atom. The van der Waals surface area contributed by atoms with E-state index in [-0.39, 0.29) is 18.2 Å². The van der Waals surface area contributed by atoms with E-state index in [9.17, 15) is 24.0 Å². The predicted octanol–water partition coefficient (Wildman–Crippen LogP) is 3.84. The zero-order valence-electron chi connectivity index (χ0n) is 25.4. The number of nitrogens with one attached hydrogen (secondary N) is 2. The Kier molecular flexibility index (Phi) is 12.9. The maximum atomic E-state index is 13.9. The fraction of sp³-hybridized carbons (Fsp3) is 0.833. The third kappa shape index (κ3) is 9.47. The number of rotatable bonds is 9. The fourth-order valence-corrected chi connectivity index (χ4v) is 6.35. The van der Waals surface area contributed by atoms with E-state index in [2.05, 4.69) is 24.5 Å². The molecular formula is C30H52N4O6. The van der Waals surface area contributed by atoms with Gasteiger partial charge >= 0.3 is 6.09 Å². The van der Waals surface area contributed by atoms with Gasteiger partial charge in [-0.1, -0.05) is 59.3 Å². The first-order chi connectivity index (χ1) is 18.8. The van der Waals surface area contributed by atoms with Gasteiger partial charge in [-0.2, -0.15) is 0 Å². The Hall–Kier alpha value is -2.65. The molecule has 0 bridgehead atoms. The second kappa shape index (κ2) is 15.4. The molecule has 5 atom stereocenters. The van der Waals surface area contributed by atoms with Crippen molar-refractivity contribution in [3.8, 4) is 0 Å². The van der Waals surface area contributed by atoms with Gasteiger partial charge in [-0.05, 0) is 70.6 Å². The van der Waals surface area contributed by atoms with Crippen molar-refractivity contribution in [2.24, 2.45) is 23.5 Å². The van der Waals surface area contributed by atoms with Gasteiger partial charge in [0.05, 0.1) is 6.04 Å². The van der Waals surface area contributed by atoms with Crippen molar-refractivity contribution in [3.63, 3.8) is 0 Å². The third-order valence-electron chi connectivity index (χ3n) is 7.98. The lowest BCUT2D eigenvalue weighted by Crippen LogP contribution is -2.57. The first-order valence-corrected chi connectivity index (χ1v) is 15.3. The van der Waals surface area contributed by atoms with E-state index in [1.165, 1.54) is 24.2 Å². The van der Waals surface area contributed by atoms with Crippen LogP contribution >= 0.6 is 0 Å². The number of carbonyl (C=O) groups excluding carboxylic acids is 5. The molecule has 4 N–H and O–H groups in total. The molecule has 228 valence electrons. The molecule has 1 saturated heterocycles. The van der Waals surface area contributed by atoms with Crippen LogP contribution in [0.3, 0.4) is 0 Å². The van der Waals surface area contributed by atoms with Gasteiger partial charge in [-0.3, -0.25) is 19.2 Å². The molecule has 3 rings (SSSR count). The zero-order chi connectivity index (χ0) is 30.0. The summed E-state index contributed by atoms with van der Waals surface area (Å²) in [4.78, 5) is 65.1. The van der Waals surface area contributed by atoms with Crippen LogP contribution in [0.4, 0.5) is 4.79 Å². The molecule has 0 spiro atoms. The van der Waals surface area contributed by atoms with Crippen molar-refractivity contribution in [2.45, 2.75) is 136 Å². The minimum atomic E-state index is -1.09. The number of ketones is 1. The highest BCUT2D eigenvalue weighted by Gasteiger charge is 2.46. The summed E-state index contributed by atoms with van der Waals surface area (Å²) >= 11 is 0. The summed E-state index contributed by atoms with van der Waals surface area (Å²) in [7, 11) is 0. The molecule has 3 unspecified atom stereocenters. The van der Waals surface area contributed by atoms with Crippen LogP contribution in [0.25, 0.3) is 0 Å². The molecule has 1 aliphatic heterocycles. The highest BCUT2D eigenvalue weighted by atomic mass is 16.6. The van der Waals surface area contributed by atoms with Crippen LogP contribution in [0.5, 0.6) is 0 Å². The van der Waals surface area contributed by atoms with E-state index in [1.807, 2.05) is 6.92 Å². The summed E-state index contributed by atoms with van der Waals surface area (Å²) in [5.41, 5.74) is 4.46. The average molecular weight is 565 g/mol. The van der Waals surface area contributed by atoms with Crippen molar-refractivity contribution in [1.29, 1.82) is 0 Å². The summed E-state index contributed by atoms with van der Waals surface area (Å²) in [6.07, 6.45) is 8.96. The van der Waals surface area contributed by atoms with E-state index in [0.717, 1.165) is 25.7 Å². The number of hydrogen-bond donors (Lipinski definition) is 3. The predicted molar refractivity (Wildman–Crippen MR) is 153 cm³/mol. The highest BCUT2D eigenvalue weighted by molar-refractivity contribution is 6.37. The molecule has 0 aromatic rings. The highest BCUT2D eigenvalue weighted by Crippen LogP contribution is 2.46. The van der Waals surface area contributed by atoms with Crippen LogP contribution in [0.2, 0.25) is 0 Å². The summed E-state index contributed by atoms with van der Waals surface area (Å²) in [6, 6.07) is -2.58. The van der Waals surface area contributed by atoms with Crippen molar-refractivity contribution < 1.29 is 28.7 Å². The maximum Gasteiger partial charge on any atom is 0.408 e. The number of amides is 4. The lowest BCUT2D eigenvalue weighted by atomic mass is 9.82. The van der Waals surface area contributed by atoms with Crippen molar-refractivity contribution in [3.05, 3.63) is 0 Å². The number of fused-ring (bicyclic) bond motifs is 1. The topological polar surface area (TPSA) is 148 Å². The quantitative estimate of drug-likeness (QED) is 0.363. The number of alkyl carbamates (subject to hydrolysis) is 1. The molecule has 3 aliphatic rings. The molecule has 2 aliphatic carbocycles. The number of likely N-dealkylation sites (tertiary alicyclic amines) is 1. The molecule has 40 heavy (non-hydrogen) atoms. The molecule has 10 nitrogen and oxygen atoms in total. The molecule has 1 heterocycles. The van der Waals surface area contributed by atoms with Gasteiger partial charge in [0.2, 0.25) is 17.6 Å². The van der Waals surface area contributed by atoms with Crippen molar-refractivity contribution in [2.75, 3.05) is 6.54 Å². The molecular weight excluding hydrogens is 512 g/mol. The second-order valence-electron chi connectivity index (χ2n) is 12.6. The Balaban J connectivity index is 0.00000178. The lowest BCUT2D eigenvalue weighted by molar-refractivity contribution is -0.143. The number of primary amides is 1. The molecule has 4 amide bonds. The molecule has 0 aromatic carbocycles. The first-order valence-electron chi connectivity index (χ1n) is 15.3. The van der Waals surface area contributed by atoms with Gasteiger partial charge < -0.3 is 26.0 Å². The van der Waals surface area contributed by atoms with Crippen molar-refractivity contribution >= 4 is 29.6 Å². The van der Waals surface area contributed by atoms with Crippen molar-refractivity contribution in [1.82, 2.24) is 15.5 Å². The normalized spacial score (nSPS) is 25.5. The third-order valence-corrected chi connectivity index (χ3v) is 7.98. The lowest BCUT2D eigenvalue weighted by Gasteiger charge is -2.32. The molecule has 0 radical (unpaired) electrons. The Morgan fingerprint density at radius 3 is 2.00 bits per heavy atom. The zero-order valence-corrected chi connectivity index (χ0v) is 25.4. The second-order valence-corrected chi connectivity index (χ2v) is 12.6. The number of carbonyl (C=O) groups is 5.